The highest BCUT2D eigenvalue weighted by atomic mass is 16.4. The summed E-state index contributed by atoms with van der Waals surface area (Å²) in [6.45, 7) is 0. The molecule has 0 heterocycles. The van der Waals surface area contributed by atoms with Crippen molar-refractivity contribution in [2.45, 2.75) is 12.8 Å². The Kier molecular flexibility index (Phi) is 3.23. The average molecular weight is 231 g/mol. The molecule has 4 heteroatoms. The summed E-state index contributed by atoms with van der Waals surface area (Å²) in [7, 11) is 0. The van der Waals surface area contributed by atoms with E-state index in [1.807, 2.05) is 0 Å². The van der Waals surface area contributed by atoms with Crippen LogP contribution in [0.2, 0.25) is 0 Å². The van der Waals surface area contributed by atoms with Crippen molar-refractivity contribution in [2.24, 2.45) is 5.92 Å². The average Bonchev–Trinajstić information content (AvgIpc) is 3.10. The van der Waals surface area contributed by atoms with Gasteiger partial charge in [-0.1, -0.05) is 12.1 Å². The van der Waals surface area contributed by atoms with Crippen molar-refractivity contribution >= 4 is 23.6 Å². The minimum Gasteiger partial charge on any atom is -0.478 e. The molecular weight excluding hydrogens is 218 g/mol. The molecule has 1 aromatic carbocycles. The molecule has 0 atom stereocenters. The minimum absolute atomic E-state index is 0.0457. The number of hydrogen-bond donors (Lipinski definition) is 2. The van der Waals surface area contributed by atoms with Gasteiger partial charge in [0.15, 0.2) is 0 Å². The SMILES string of the molecule is O=C(O)C=Cc1cccc(NC(=O)C2CC2)c1. The maximum Gasteiger partial charge on any atom is 0.328 e. The van der Waals surface area contributed by atoms with E-state index in [9.17, 15) is 9.59 Å². The number of carbonyl (C=O) groups is 2. The molecule has 0 spiro atoms. The number of carboxylic acid groups (broad SMARTS) is 1. The summed E-state index contributed by atoms with van der Waals surface area (Å²) in [6, 6.07) is 7.11. The lowest BCUT2D eigenvalue weighted by Crippen LogP contribution is -2.13. The molecule has 4 nitrogen and oxygen atoms in total. The van der Waals surface area contributed by atoms with Gasteiger partial charge in [0.25, 0.3) is 0 Å². The quantitative estimate of drug-likeness (QED) is 0.780. The lowest BCUT2D eigenvalue weighted by molar-refractivity contribution is -0.131. The van der Waals surface area contributed by atoms with Crippen LogP contribution in [-0.4, -0.2) is 17.0 Å². The van der Waals surface area contributed by atoms with Crippen molar-refractivity contribution in [3.05, 3.63) is 35.9 Å². The molecule has 0 unspecified atom stereocenters. The topological polar surface area (TPSA) is 66.4 Å². The molecule has 0 aliphatic heterocycles. The molecule has 1 fully saturated rings. The molecule has 0 radical (unpaired) electrons. The van der Waals surface area contributed by atoms with Crippen molar-refractivity contribution in [3.63, 3.8) is 0 Å². The molecule has 1 aliphatic rings. The van der Waals surface area contributed by atoms with E-state index in [1.165, 1.54) is 6.08 Å². The van der Waals surface area contributed by atoms with Gasteiger partial charge < -0.3 is 10.4 Å². The fourth-order valence-corrected chi connectivity index (χ4v) is 1.48. The maximum absolute atomic E-state index is 11.5. The van der Waals surface area contributed by atoms with Crippen LogP contribution in [0.25, 0.3) is 6.08 Å². The Bertz CT molecular complexity index is 475. The molecule has 2 N–H and O–H groups in total. The Morgan fingerprint density at radius 2 is 2.12 bits per heavy atom. The van der Waals surface area contributed by atoms with Crippen LogP contribution in [0.3, 0.4) is 0 Å². The van der Waals surface area contributed by atoms with Gasteiger partial charge in [-0.2, -0.15) is 0 Å². The zero-order valence-corrected chi connectivity index (χ0v) is 9.22. The highest BCUT2D eigenvalue weighted by Gasteiger charge is 2.29. The summed E-state index contributed by atoms with van der Waals surface area (Å²) < 4.78 is 0. The van der Waals surface area contributed by atoms with Crippen molar-refractivity contribution in [2.75, 3.05) is 5.32 Å². The fraction of sp³-hybridized carbons (Fsp3) is 0.231. The lowest BCUT2D eigenvalue weighted by Gasteiger charge is -2.04. The molecule has 1 saturated carbocycles. The van der Waals surface area contributed by atoms with Crippen LogP contribution < -0.4 is 5.32 Å². The van der Waals surface area contributed by atoms with E-state index in [1.54, 1.807) is 24.3 Å². The number of aliphatic carboxylic acids is 1. The number of nitrogens with one attached hydrogen (secondary N) is 1. The number of benzene rings is 1. The van der Waals surface area contributed by atoms with E-state index < -0.39 is 5.97 Å². The van der Waals surface area contributed by atoms with Gasteiger partial charge in [0.2, 0.25) is 5.91 Å². The zero-order valence-electron chi connectivity index (χ0n) is 9.22. The third-order valence-electron chi connectivity index (χ3n) is 2.52. The third kappa shape index (κ3) is 3.45. The van der Waals surface area contributed by atoms with Gasteiger partial charge in [0, 0.05) is 17.7 Å². The van der Waals surface area contributed by atoms with Crippen LogP contribution in [-0.2, 0) is 9.59 Å². The van der Waals surface area contributed by atoms with Crippen molar-refractivity contribution in [1.82, 2.24) is 0 Å². The van der Waals surface area contributed by atoms with E-state index in [4.69, 9.17) is 5.11 Å². The largest absolute Gasteiger partial charge is 0.478 e. The van der Waals surface area contributed by atoms with Gasteiger partial charge in [-0.3, -0.25) is 4.79 Å². The highest BCUT2D eigenvalue weighted by molar-refractivity contribution is 5.94. The van der Waals surface area contributed by atoms with E-state index in [0.29, 0.717) is 5.69 Å². The number of rotatable bonds is 4. The molecule has 17 heavy (non-hydrogen) atoms. The molecular formula is C13H13NO3. The standard InChI is InChI=1S/C13H13NO3/c15-12(16)7-4-9-2-1-3-11(8-9)14-13(17)10-5-6-10/h1-4,7-8,10H,5-6H2,(H,14,17)(H,15,16). The maximum atomic E-state index is 11.5. The monoisotopic (exact) mass is 231 g/mol. The number of amides is 1. The van der Waals surface area contributed by atoms with Crippen molar-refractivity contribution in [3.8, 4) is 0 Å². The van der Waals surface area contributed by atoms with E-state index >= 15 is 0 Å². The van der Waals surface area contributed by atoms with Crippen molar-refractivity contribution < 1.29 is 14.7 Å². The Morgan fingerprint density at radius 3 is 2.76 bits per heavy atom. The first-order chi connectivity index (χ1) is 8.15. The number of carboxylic acids is 1. The summed E-state index contributed by atoms with van der Waals surface area (Å²) in [5.41, 5.74) is 1.45. The first kappa shape index (κ1) is 11.4. The van der Waals surface area contributed by atoms with Gasteiger partial charge >= 0.3 is 5.97 Å². The summed E-state index contributed by atoms with van der Waals surface area (Å²) in [6.07, 6.45) is 4.49. The third-order valence-corrected chi connectivity index (χ3v) is 2.52. The minimum atomic E-state index is -0.989. The Morgan fingerprint density at radius 1 is 1.35 bits per heavy atom. The normalized spacial score (nSPS) is 14.8. The molecule has 1 aromatic rings. The van der Waals surface area contributed by atoms with Crippen LogP contribution in [0, 0.1) is 5.92 Å². The Hall–Kier alpha value is -2.10. The van der Waals surface area contributed by atoms with Gasteiger partial charge in [-0.15, -0.1) is 0 Å². The zero-order chi connectivity index (χ0) is 12.3. The first-order valence-corrected chi connectivity index (χ1v) is 5.47. The van der Waals surface area contributed by atoms with Gasteiger partial charge in [0.05, 0.1) is 0 Å². The highest BCUT2D eigenvalue weighted by Crippen LogP contribution is 2.30. The number of carbonyl (C=O) groups excluding carboxylic acids is 1. The van der Waals surface area contributed by atoms with Gasteiger partial charge in [0.1, 0.15) is 0 Å². The molecule has 0 bridgehead atoms. The van der Waals surface area contributed by atoms with E-state index in [0.717, 1.165) is 24.5 Å². The lowest BCUT2D eigenvalue weighted by atomic mass is 10.2. The second-order valence-corrected chi connectivity index (χ2v) is 4.06. The van der Waals surface area contributed by atoms with Gasteiger partial charge in [-0.25, -0.2) is 4.79 Å². The second kappa shape index (κ2) is 4.82. The summed E-state index contributed by atoms with van der Waals surface area (Å²) in [5.74, 6) is -0.782. The predicted molar refractivity (Wildman–Crippen MR) is 64.5 cm³/mol. The second-order valence-electron chi connectivity index (χ2n) is 4.06. The number of anilines is 1. The van der Waals surface area contributed by atoms with Crippen LogP contribution in [0.4, 0.5) is 5.69 Å². The van der Waals surface area contributed by atoms with Crippen molar-refractivity contribution in [1.29, 1.82) is 0 Å². The Balaban J connectivity index is 2.05. The molecule has 0 saturated heterocycles. The molecule has 2 rings (SSSR count). The van der Waals surface area contributed by atoms with Crippen LogP contribution in [0.1, 0.15) is 18.4 Å². The fourth-order valence-electron chi connectivity index (χ4n) is 1.48. The molecule has 1 aliphatic carbocycles. The van der Waals surface area contributed by atoms with E-state index in [2.05, 4.69) is 5.32 Å². The molecule has 88 valence electrons. The summed E-state index contributed by atoms with van der Waals surface area (Å²) in [4.78, 5) is 21.9. The molecule has 1 amide bonds. The molecule has 0 aromatic heterocycles. The van der Waals surface area contributed by atoms with Crippen LogP contribution in [0.5, 0.6) is 0 Å². The summed E-state index contributed by atoms with van der Waals surface area (Å²) in [5, 5.41) is 11.3. The predicted octanol–water partition coefficient (Wildman–Crippen LogP) is 2.13. The number of hydrogen-bond acceptors (Lipinski definition) is 2. The smallest absolute Gasteiger partial charge is 0.328 e. The first-order valence-electron chi connectivity index (χ1n) is 5.47. The van der Waals surface area contributed by atoms with Gasteiger partial charge in [-0.05, 0) is 36.6 Å². The van der Waals surface area contributed by atoms with E-state index in [-0.39, 0.29) is 11.8 Å². The van der Waals surface area contributed by atoms with Crippen LogP contribution >= 0.6 is 0 Å². The summed E-state index contributed by atoms with van der Waals surface area (Å²) >= 11 is 0. The van der Waals surface area contributed by atoms with Crippen LogP contribution in [0.15, 0.2) is 30.3 Å². The Labute approximate surface area is 99.0 Å².